The van der Waals surface area contributed by atoms with Crippen molar-refractivity contribution in [2.45, 2.75) is 18.9 Å². The Morgan fingerprint density at radius 3 is 2.80 bits per heavy atom. The summed E-state index contributed by atoms with van der Waals surface area (Å²) in [7, 11) is 1.64. The van der Waals surface area contributed by atoms with E-state index < -0.39 is 12.0 Å². The van der Waals surface area contributed by atoms with Gasteiger partial charge in [0.05, 0.1) is 0 Å². The minimum absolute atomic E-state index is 0.432. The predicted octanol–water partition coefficient (Wildman–Crippen LogP) is 0.625. The minimum atomic E-state index is -0.802. The van der Waals surface area contributed by atoms with Crippen LogP contribution < -0.4 is 5.32 Å². The highest BCUT2D eigenvalue weighted by Crippen LogP contribution is 1.96. The molecule has 3 heteroatoms. The zero-order chi connectivity index (χ0) is 7.98. The molecule has 0 rings (SSSR count). The number of carbonyl (C=O) groups is 1. The maximum Gasteiger partial charge on any atom is 0.320 e. The van der Waals surface area contributed by atoms with Crippen LogP contribution in [-0.4, -0.2) is 24.2 Å². The average molecular weight is 143 g/mol. The van der Waals surface area contributed by atoms with Crippen molar-refractivity contribution in [2.75, 3.05) is 7.05 Å². The molecule has 0 aromatic carbocycles. The Morgan fingerprint density at radius 1 is 1.90 bits per heavy atom. The van der Waals surface area contributed by atoms with E-state index in [9.17, 15) is 4.79 Å². The first-order valence-electron chi connectivity index (χ1n) is 3.23. The SMILES string of the molecule is C=CCC[C@@H](NC)C(=O)O. The van der Waals surface area contributed by atoms with E-state index in [1.807, 2.05) is 0 Å². The van der Waals surface area contributed by atoms with Crippen LogP contribution in [0, 0.1) is 0 Å². The fourth-order valence-corrected chi connectivity index (χ4v) is 0.676. The van der Waals surface area contributed by atoms with Crippen molar-refractivity contribution < 1.29 is 9.90 Å². The van der Waals surface area contributed by atoms with Gasteiger partial charge in [-0.2, -0.15) is 0 Å². The molecule has 0 heterocycles. The standard InChI is InChI=1S/C7H13NO2/c1-3-4-5-6(8-2)7(9)10/h3,6,8H,1,4-5H2,2H3,(H,9,10)/t6-/m1/s1. The minimum Gasteiger partial charge on any atom is -0.480 e. The molecular weight excluding hydrogens is 130 g/mol. The normalized spacial score (nSPS) is 12.5. The lowest BCUT2D eigenvalue weighted by atomic mass is 10.1. The summed E-state index contributed by atoms with van der Waals surface area (Å²) in [6, 6.07) is -0.432. The van der Waals surface area contributed by atoms with E-state index in [2.05, 4.69) is 11.9 Å². The molecule has 1 atom stereocenters. The number of aliphatic carboxylic acids is 1. The summed E-state index contributed by atoms with van der Waals surface area (Å²) in [6.07, 6.45) is 3.06. The van der Waals surface area contributed by atoms with Gasteiger partial charge >= 0.3 is 5.97 Å². The van der Waals surface area contributed by atoms with Gasteiger partial charge in [-0.15, -0.1) is 6.58 Å². The monoisotopic (exact) mass is 143 g/mol. The van der Waals surface area contributed by atoms with Crippen LogP contribution in [0.1, 0.15) is 12.8 Å². The molecule has 0 bridgehead atoms. The Kier molecular flexibility index (Phi) is 4.58. The number of carboxylic acids is 1. The van der Waals surface area contributed by atoms with Crippen molar-refractivity contribution in [3.05, 3.63) is 12.7 Å². The summed E-state index contributed by atoms with van der Waals surface area (Å²) in [5, 5.41) is 11.2. The number of likely N-dealkylation sites (N-methyl/N-ethyl adjacent to an activating group) is 1. The Hall–Kier alpha value is -0.830. The predicted molar refractivity (Wildman–Crippen MR) is 39.9 cm³/mol. The average Bonchev–Trinajstić information content (AvgIpc) is 1.89. The lowest BCUT2D eigenvalue weighted by molar-refractivity contribution is -0.139. The van der Waals surface area contributed by atoms with Gasteiger partial charge in [-0.3, -0.25) is 4.79 Å². The first-order valence-corrected chi connectivity index (χ1v) is 3.23. The zero-order valence-corrected chi connectivity index (χ0v) is 6.13. The molecular formula is C7H13NO2. The number of carboxylic acid groups (broad SMARTS) is 1. The van der Waals surface area contributed by atoms with Gasteiger partial charge in [0.25, 0.3) is 0 Å². The number of allylic oxidation sites excluding steroid dienone is 1. The van der Waals surface area contributed by atoms with Crippen LogP contribution >= 0.6 is 0 Å². The van der Waals surface area contributed by atoms with E-state index in [4.69, 9.17) is 5.11 Å². The molecule has 0 aromatic heterocycles. The molecule has 0 saturated heterocycles. The van der Waals surface area contributed by atoms with Gasteiger partial charge in [-0.05, 0) is 19.9 Å². The third-order valence-corrected chi connectivity index (χ3v) is 1.31. The zero-order valence-electron chi connectivity index (χ0n) is 6.13. The molecule has 2 N–H and O–H groups in total. The molecule has 58 valence electrons. The lowest BCUT2D eigenvalue weighted by Crippen LogP contribution is -2.33. The Morgan fingerprint density at radius 2 is 2.50 bits per heavy atom. The van der Waals surface area contributed by atoms with Crippen molar-refractivity contribution in [1.29, 1.82) is 0 Å². The molecule has 3 nitrogen and oxygen atoms in total. The summed E-state index contributed by atoms with van der Waals surface area (Å²) >= 11 is 0. The van der Waals surface area contributed by atoms with Crippen LogP contribution in [-0.2, 0) is 4.79 Å². The Bertz CT molecular complexity index is 123. The van der Waals surface area contributed by atoms with Crippen LogP contribution in [0.25, 0.3) is 0 Å². The van der Waals surface area contributed by atoms with E-state index in [1.165, 1.54) is 0 Å². The van der Waals surface area contributed by atoms with E-state index in [0.29, 0.717) is 6.42 Å². The lowest BCUT2D eigenvalue weighted by Gasteiger charge is -2.07. The van der Waals surface area contributed by atoms with Gasteiger partial charge in [0.1, 0.15) is 6.04 Å². The molecule has 0 fully saturated rings. The van der Waals surface area contributed by atoms with Crippen molar-refractivity contribution in [2.24, 2.45) is 0 Å². The highest BCUT2D eigenvalue weighted by molar-refractivity contribution is 5.73. The molecule has 0 aliphatic heterocycles. The number of nitrogens with one attached hydrogen (secondary N) is 1. The largest absolute Gasteiger partial charge is 0.480 e. The van der Waals surface area contributed by atoms with Crippen molar-refractivity contribution in [3.8, 4) is 0 Å². The van der Waals surface area contributed by atoms with Gasteiger partial charge in [-0.1, -0.05) is 6.08 Å². The molecule has 0 saturated carbocycles. The third kappa shape index (κ3) is 3.25. The molecule has 0 spiro atoms. The summed E-state index contributed by atoms with van der Waals surface area (Å²) < 4.78 is 0. The van der Waals surface area contributed by atoms with Gasteiger partial charge in [-0.25, -0.2) is 0 Å². The van der Waals surface area contributed by atoms with Gasteiger partial charge in [0.2, 0.25) is 0 Å². The first-order chi connectivity index (χ1) is 4.72. The fourth-order valence-electron chi connectivity index (χ4n) is 0.676. The molecule has 0 amide bonds. The number of hydrogen-bond acceptors (Lipinski definition) is 2. The quantitative estimate of drug-likeness (QED) is 0.555. The number of rotatable bonds is 5. The first kappa shape index (κ1) is 9.17. The summed E-state index contributed by atoms with van der Waals surface area (Å²) in [5.74, 6) is -0.802. The molecule has 10 heavy (non-hydrogen) atoms. The Labute approximate surface area is 60.7 Å². The molecule has 0 aliphatic carbocycles. The maximum atomic E-state index is 10.3. The Balaban J connectivity index is 3.60. The van der Waals surface area contributed by atoms with E-state index in [-0.39, 0.29) is 0 Å². The van der Waals surface area contributed by atoms with Gasteiger partial charge < -0.3 is 10.4 Å². The van der Waals surface area contributed by atoms with E-state index >= 15 is 0 Å². The summed E-state index contributed by atoms with van der Waals surface area (Å²) in [4.78, 5) is 10.3. The third-order valence-electron chi connectivity index (χ3n) is 1.31. The van der Waals surface area contributed by atoms with Crippen LogP contribution in [0.2, 0.25) is 0 Å². The van der Waals surface area contributed by atoms with Crippen LogP contribution in [0.3, 0.4) is 0 Å². The van der Waals surface area contributed by atoms with Crippen molar-refractivity contribution in [1.82, 2.24) is 5.32 Å². The van der Waals surface area contributed by atoms with Crippen LogP contribution in [0.4, 0.5) is 0 Å². The molecule has 0 radical (unpaired) electrons. The van der Waals surface area contributed by atoms with Crippen molar-refractivity contribution >= 4 is 5.97 Å². The molecule has 0 unspecified atom stereocenters. The van der Waals surface area contributed by atoms with Crippen LogP contribution in [0.15, 0.2) is 12.7 Å². The van der Waals surface area contributed by atoms with Gasteiger partial charge in [0.15, 0.2) is 0 Å². The smallest absolute Gasteiger partial charge is 0.320 e. The topological polar surface area (TPSA) is 49.3 Å². The molecule has 0 aromatic rings. The highest BCUT2D eigenvalue weighted by Gasteiger charge is 2.12. The van der Waals surface area contributed by atoms with E-state index in [0.717, 1.165) is 6.42 Å². The molecule has 0 aliphatic rings. The van der Waals surface area contributed by atoms with Crippen LogP contribution in [0.5, 0.6) is 0 Å². The second kappa shape index (κ2) is 4.99. The van der Waals surface area contributed by atoms with Crippen molar-refractivity contribution in [3.63, 3.8) is 0 Å². The fraction of sp³-hybridized carbons (Fsp3) is 0.571. The maximum absolute atomic E-state index is 10.3. The number of hydrogen-bond donors (Lipinski definition) is 2. The summed E-state index contributed by atoms with van der Waals surface area (Å²) in [6.45, 7) is 3.51. The second-order valence-corrected chi connectivity index (χ2v) is 2.05. The van der Waals surface area contributed by atoms with Gasteiger partial charge in [0, 0.05) is 0 Å². The second-order valence-electron chi connectivity index (χ2n) is 2.05. The summed E-state index contributed by atoms with van der Waals surface area (Å²) in [5.41, 5.74) is 0. The van der Waals surface area contributed by atoms with E-state index in [1.54, 1.807) is 13.1 Å². The highest BCUT2D eigenvalue weighted by atomic mass is 16.4.